The lowest BCUT2D eigenvalue weighted by Crippen LogP contribution is -2.38. The number of guanidine groups is 1. The number of hydrogen-bond acceptors (Lipinski definition) is 3. The number of hydrogen-bond donors (Lipinski definition) is 2. The van der Waals surface area contributed by atoms with E-state index in [4.69, 9.17) is 4.99 Å². The number of aliphatic imine (C=N–C) groups is 1. The van der Waals surface area contributed by atoms with Crippen LogP contribution in [0, 0.1) is 5.92 Å². The normalized spacial score (nSPS) is 11.4. The fourth-order valence-corrected chi connectivity index (χ4v) is 3.17. The first kappa shape index (κ1) is 23.9. The molecule has 0 radical (unpaired) electrons. The van der Waals surface area contributed by atoms with Crippen molar-refractivity contribution in [3.05, 3.63) is 60.6 Å². The van der Waals surface area contributed by atoms with Gasteiger partial charge in [0.05, 0.1) is 18.4 Å². The molecule has 2 heterocycles. The topological polar surface area (TPSA) is 74.1 Å². The van der Waals surface area contributed by atoms with Crippen molar-refractivity contribution in [2.45, 2.75) is 40.4 Å². The number of aromatic amines is 1. The lowest BCUT2D eigenvalue weighted by molar-refractivity contribution is 0.462. The summed E-state index contributed by atoms with van der Waals surface area (Å²) in [7, 11) is 2.02. The molecule has 162 valence electrons. The molecule has 0 bridgehead atoms. The van der Waals surface area contributed by atoms with Gasteiger partial charge in [-0.1, -0.05) is 44.2 Å². The third-order valence-electron chi connectivity index (χ3n) is 4.53. The van der Waals surface area contributed by atoms with Crippen LogP contribution in [0.4, 0.5) is 0 Å². The largest absolute Gasteiger partial charge is 0.357 e. The van der Waals surface area contributed by atoms with Gasteiger partial charge in [-0.05, 0) is 18.4 Å². The lowest BCUT2D eigenvalue weighted by atomic mass is 10.2. The van der Waals surface area contributed by atoms with Crippen LogP contribution in [0.15, 0.2) is 53.9 Å². The van der Waals surface area contributed by atoms with E-state index < -0.39 is 0 Å². The monoisotopic (exact) mass is 521 g/mol. The summed E-state index contributed by atoms with van der Waals surface area (Å²) in [5.41, 5.74) is 2.15. The highest BCUT2D eigenvalue weighted by Gasteiger charge is 2.11. The van der Waals surface area contributed by atoms with E-state index >= 15 is 0 Å². The molecule has 30 heavy (non-hydrogen) atoms. The molecule has 0 aliphatic heterocycles. The molecular weight excluding hydrogens is 489 g/mol. The second-order valence-electron chi connectivity index (χ2n) is 7.53. The first-order valence-electron chi connectivity index (χ1n) is 10.2. The average Bonchev–Trinajstić information content (AvgIpc) is 3.35. The number of benzene rings is 1. The zero-order valence-electron chi connectivity index (χ0n) is 18.2. The highest BCUT2D eigenvalue weighted by molar-refractivity contribution is 14.0. The van der Waals surface area contributed by atoms with Crippen molar-refractivity contribution in [1.29, 1.82) is 0 Å². The summed E-state index contributed by atoms with van der Waals surface area (Å²) in [6.07, 6.45) is 5.75. The SMILES string of the molecule is CCNC(=NCc1nccn1CC(C)C)N(C)Cc1ncc(-c2ccccc2)[nH]1.I. The Morgan fingerprint density at radius 3 is 2.70 bits per heavy atom. The van der Waals surface area contributed by atoms with Crippen LogP contribution in [-0.4, -0.2) is 44.0 Å². The number of nitrogens with one attached hydrogen (secondary N) is 2. The molecule has 3 aromatic rings. The first-order chi connectivity index (χ1) is 14.1. The molecule has 0 unspecified atom stereocenters. The van der Waals surface area contributed by atoms with E-state index in [-0.39, 0.29) is 24.0 Å². The Labute approximate surface area is 196 Å². The van der Waals surface area contributed by atoms with Gasteiger partial charge in [0.15, 0.2) is 5.96 Å². The van der Waals surface area contributed by atoms with Crippen molar-refractivity contribution >= 4 is 29.9 Å². The second kappa shape index (κ2) is 11.7. The molecule has 7 nitrogen and oxygen atoms in total. The highest BCUT2D eigenvalue weighted by atomic mass is 127. The van der Waals surface area contributed by atoms with Crippen LogP contribution in [0.5, 0.6) is 0 Å². The van der Waals surface area contributed by atoms with E-state index in [1.807, 2.05) is 43.8 Å². The lowest BCUT2D eigenvalue weighted by Gasteiger charge is -2.21. The molecule has 0 spiro atoms. The fraction of sp³-hybridized carbons (Fsp3) is 0.409. The number of aromatic nitrogens is 4. The highest BCUT2D eigenvalue weighted by Crippen LogP contribution is 2.16. The minimum Gasteiger partial charge on any atom is -0.357 e. The van der Waals surface area contributed by atoms with Crippen molar-refractivity contribution in [3.63, 3.8) is 0 Å². The van der Waals surface area contributed by atoms with E-state index in [1.54, 1.807) is 0 Å². The summed E-state index contributed by atoms with van der Waals surface area (Å²) in [4.78, 5) is 19.3. The van der Waals surface area contributed by atoms with E-state index in [0.29, 0.717) is 19.0 Å². The van der Waals surface area contributed by atoms with Crippen LogP contribution in [0.25, 0.3) is 11.3 Å². The Hall–Kier alpha value is -2.36. The van der Waals surface area contributed by atoms with Crippen molar-refractivity contribution in [3.8, 4) is 11.3 Å². The van der Waals surface area contributed by atoms with Gasteiger partial charge in [-0.2, -0.15) is 0 Å². The number of imidazole rings is 2. The van der Waals surface area contributed by atoms with Gasteiger partial charge in [0.2, 0.25) is 0 Å². The van der Waals surface area contributed by atoms with Gasteiger partial charge < -0.3 is 19.8 Å². The van der Waals surface area contributed by atoms with Crippen LogP contribution >= 0.6 is 24.0 Å². The minimum atomic E-state index is 0. The maximum absolute atomic E-state index is 4.79. The summed E-state index contributed by atoms with van der Waals surface area (Å²) in [6, 6.07) is 10.2. The van der Waals surface area contributed by atoms with Crippen molar-refractivity contribution in [2.75, 3.05) is 13.6 Å². The van der Waals surface area contributed by atoms with Gasteiger partial charge in [-0.3, -0.25) is 0 Å². The van der Waals surface area contributed by atoms with Crippen molar-refractivity contribution in [1.82, 2.24) is 29.7 Å². The minimum absolute atomic E-state index is 0. The van der Waals surface area contributed by atoms with Crippen LogP contribution in [0.1, 0.15) is 32.4 Å². The Kier molecular flexibility index (Phi) is 9.35. The van der Waals surface area contributed by atoms with Gasteiger partial charge in [0.25, 0.3) is 0 Å². The molecule has 0 atom stereocenters. The molecule has 2 N–H and O–H groups in total. The fourth-order valence-electron chi connectivity index (χ4n) is 3.17. The second-order valence-corrected chi connectivity index (χ2v) is 7.53. The van der Waals surface area contributed by atoms with Gasteiger partial charge >= 0.3 is 0 Å². The van der Waals surface area contributed by atoms with Crippen molar-refractivity contribution < 1.29 is 0 Å². The standard InChI is InChI=1S/C22H31N7.HI/c1-5-23-22(26-14-21-24-11-12-29(21)15-17(2)3)28(4)16-20-25-13-19(27-20)18-9-7-6-8-10-18;/h6-13,17H,5,14-16H2,1-4H3,(H,23,26)(H,25,27);1H. The van der Waals surface area contributed by atoms with Crippen LogP contribution in [-0.2, 0) is 19.6 Å². The number of H-pyrrole nitrogens is 1. The van der Waals surface area contributed by atoms with E-state index in [9.17, 15) is 0 Å². The Balaban J connectivity index is 0.00000320. The third kappa shape index (κ3) is 6.58. The number of halogens is 1. The zero-order chi connectivity index (χ0) is 20.6. The van der Waals surface area contributed by atoms with E-state index in [0.717, 1.165) is 42.0 Å². The van der Waals surface area contributed by atoms with E-state index in [1.165, 1.54) is 0 Å². The number of rotatable bonds is 8. The molecule has 0 aliphatic rings. The van der Waals surface area contributed by atoms with Gasteiger partial charge in [-0.15, -0.1) is 24.0 Å². The van der Waals surface area contributed by atoms with Crippen molar-refractivity contribution in [2.24, 2.45) is 10.9 Å². The Bertz CT molecular complexity index is 914. The molecule has 8 heteroatoms. The van der Waals surface area contributed by atoms with Crippen LogP contribution in [0.2, 0.25) is 0 Å². The Morgan fingerprint density at radius 2 is 2.00 bits per heavy atom. The van der Waals surface area contributed by atoms with Crippen LogP contribution < -0.4 is 5.32 Å². The molecule has 0 aliphatic carbocycles. The summed E-state index contributed by atoms with van der Waals surface area (Å²) in [5.74, 6) is 3.29. The molecule has 2 aromatic heterocycles. The summed E-state index contributed by atoms with van der Waals surface area (Å²) in [5, 5.41) is 3.36. The van der Waals surface area contributed by atoms with Gasteiger partial charge in [0, 0.05) is 32.5 Å². The molecular formula is C22H32IN7. The summed E-state index contributed by atoms with van der Waals surface area (Å²) in [6.45, 7) is 9.42. The molecule has 0 saturated carbocycles. The maximum atomic E-state index is 4.79. The average molecular weight is 521 g/mol. The van der Waals surface area contributed by atoms with Crippen LogP contribution in [0.3, 0.4) is 0 Å². The molecule has 0 fully saturated rings. The summed E-state index contributed by atoms with van der Waals surface area (Å²) < 4.78 is 2.18. The zero-order valence-corrected chi connectivity index (χ0v) is 20.5. The quantitative estimate of drug-likeness (QED) is 0.266. The molecule has 0 saturated heterocycles. The predicted octanol–water partition coefficient (Wildman–Crippen LogP) is 4.14. The van der Waals surface area contributed by atoms with Gasteiger partial charge in [0.1, 0.15) is 18.2 Å². The molecule has 1 aromatic carbocycles. The predicted molar refractivity (Wildman–Crippen MR) is 133 cm³/mol. The molecule has 0 amide bonds. The number of nitrogens with zero attached hydrogens (tertiary/aromatic N) is 5. The Morgan fingerprint density at radius 1 is 1.23 bits per heavy atom. The first-order valence-corrected chi connectivity index (χ1v) is 10.2. The third-order valence-corrected chi connectivity index (χ3v) is 4.53. The smallest absolute Gasteiger partial charge is 0.194 e. The summed E-state index contributed by atoms with van der Waals surface area (Å²) >= 11 is 0. The molecule has 3 rings (SSSR count). The maximum Gasteiger partial charge on any atom is 0.194 e. The van der Waals surface area contributed by atoms with Gasteiger partial charge in [-0.25, -0.2) is 15.0 Å². The van der Waals surface area contributed by atoms with E-state index in [2.05, 4.69) is 62.6 Å².